The number of methoxy groups -OCH3 is 1. The molecule has 0 aromatic carbocycles. The number of thiophene rings is 1. The van der Waals surface area contributed by atoms with E-state index in [-0.39, 0.29) is 11.7 Å². The van der Waals surface area contributed by atoms with E-state index in [1.54, 1.807) is 7.11 Å². The first-order valence-corrected chi connectivity index (χ1v) is 5.95. The lowest BCUT2D eigenvalue weighted by Gasteiger charge is -2.05. The molecule has 0 atom stereocenters. The first-order chi connectivity index (χ1) is 7.65. The number of amides is 1. The van der Waals surface area contributed by atoms with Crippen LogP contribution in [0.4, 0.5) is 0 Å². The predicted octanol–water partition coefficient (Wildman–Crippen LogP) is 2.19. The number of hydrogen-bond acceptors (Lipinski definition) is 4. The van der Waals surface area contributed by atoms with E-state index in [4.69, 9.17) is 10.1 Å². The third-order valence-electron chi connectivity index (χ3n) is 2.11. The van der Waals surface area contributed by atoms with Crippen LogP contribution in [0.15, 0.2) is 11.4 Å². The molecule has 1 aromatic rings. The lowest BCUT2D eigenvalue weighted by Crippen LogP contribution is -2.29. The monoisotopic (exact) mass is 240 g/mol. The first kappa shape index (κ1) is 12.9. The maximum atomic E-state index is 11.7. The van der Waals surface area contributed by atoms with Crippen LogP contribution in [-0.4, -0.2) is 25.5 Å². The molecule has 4 nitrogen and oxygen atoms in total. The fraction of sp³-hybridized carbons (Fsp3) is 0.455. The number of nitrogens with one attached hydrogen (secondary N) is 2. The molecule has 0 aliphatic rings. The molecule has 0 aliphatic heterocycles. The highest BCUT2D eigenvalue weighted by Crippen LogP contribution is 2.14. The van der Waals surface area contributed by atoms with Gasteiger partial charge in [-0.1, -0.05) is 0 Å². The lowest BCUT2D eigenvalue weighted by atomic mass is 10.2. The van der Waals surface area contributed by atoms with Crippen molar-refractivity contribution in [2.45, 2.75) is 19.8 Å². The Labute approximate surface area is 99.1 Å². The number of carbonyl (C=O) groups is 1. The molecule has 0 radical (unpaired) electrons. The third kappa shape index (κ3) is 3.75. The summed E-state index contributed by atoms with van der Waals surface area (Å²) in [6.07, 6.45) is 1.28. The molecule has 0 fully saturated rings. The zero-order chi connectivity index (χ0) is 12.0. The Morgan fingerprint density at radius 1 is 1.62 bits per heavy atom. The molecule has 16 heavy (non-hydrogen) atoms. The summed E-state index contributed by atoms with van der Waals surface area (Å²) in [5.41, 5.74) is 0.951. The van der Waals surface area contributed by atoms with Gasteiger partial charge in [-0.3, -0.25) is 10.2 Å². The van der Waals surface area contributed by atoms with Gasteiger partial charge in [0.2, 0.25) is 0 Å². The molecule has 0 aliphatic carbocycles. The molecular weight excluding hydrogens is 224 g/mol. The number of carbonyl (C=O) groups excluding carboxylic acids is 1. The molecule has 1 heterocycles. The number of amidine groups is 1. The Kier molecular flexibility index (Phi) is 5.14. The lowest BCUT2D eigenvalue weighted by molar-refractivity contribution is 0.0979. The minimum atomic E-state index is -0.185. The van der Waals surface area contributed by atoms with Crippen molar-refractivity contribution in [1.82, 2.24) is 5.32 Å². The van der Waals surface area contributed by atoms with Crippen molar-refractivity contribution in [2.75, 3.05) is 13.7 Å². The van der Waals surface area contributed by atoms with Crippen LogP contribution in [0.25, 0.3) is 0 Å². The highest BCUT2D eigenvalue weighted by molar-refractivity contribution is 7.12. The number of ether oxygens (including phenoxy) is 1. The zero-order valence-corrected chi connectivity index (χ0v) is 10.3. The van der Waals surface area contributed by atoms with Gasteiger partial charge in [-0.15, -0.1) is 11.3 Å². The SMILES string of the molecule is COCCCC(=N)NC(=O)c1sccc1C. The number of rotatable bonds is 5. The molecule has 1 aromatic heterocycles. The second kappa shape index (κ2) is 6.40. The molecule has 0 saturated carbocycles. The molecule has 2 N–H and O–H groups in total. The summed E-state index contributed by atoms with van der Waals surface area (Å²) >= 11 is 1.39. The van der Waals surface area contributed by atoms with Gasteiger partial charge in [0.25, 0.3) is 5.91 Å². The van der Waals surface area contributed by atoms with E-state index in [1.807, 2.05) is 18.4 Å². The van der Waals surface area contributed by atoms with Crippen LogP contribution >= 0.6 is 11.3 Å². The van der Waals surface area contributed by atoms with Crippen LogP contribution in [0.5, 0.6) is 0 Å². The van der Waals surface area contributed by atoms with Gasteiger partial charge in [-0.2, -0.15) is 0 Å². The van der Waals surface area contributed by atoms with Gasteiger partial charge in [-0.05, 0) is 30.4 Å². The summed E-state index contributed by atoms with van der Waals surface area (Å²) < 4.78 is 4.88. The summed E-state index contributed by atoms with van der Waals surface area (Å²) in [6.45, 7) is 2.50. The van der Waals surface area contributed by atoms with Crippen molar-refractivity contribution >= 4 is 23.1 Å². The van der Waals surface area contributed by atoms with Crippen LogP contribution < -0.4 is 5.32 Å². The molecule has 88 valence electrons. The Morgan fingerprint density at radius 2 is 2.38 bits per heavy atom. The molecular formula is C11H16N2O2S. The van der Waals surface area contributed by atoms with Crippen molar-refractivity contribution in [3.05, 3.63) is 21.9 Å². The quantitative estimate of drug-likeness (QED) is 0.471. The van der Waals surface area contributed by atoms with Gasteiger partial charge in [-0.25, -0.2) is 0 Å². The second-order valence-electron chi connectivity index (χ2n) is 3.46. The minimum absolute atomic E-state index is 0.185. The topological polar surface area (TPSA) is 62.2 Å². The summed E-state index contributed by atoms with van der Waals surface area (Å²) in [4.78, 5) is 12.4. The molecule has 1 amide bonds. The van der Waals surface area contributed by atoms with Crippen molar-refractivity contribution in [3.8, 4) is 0 Å². The van der Waals surface area contributed by atoms with E-state index in [0.29, 0.717) is 17.9 Å². The highest BCUT2D eigenvalue weighted by atomic mass is 32.1. The van der Waals surface area contributed by atoms with Crippen LogP contribution in [0.1, 0.15) is 28.1 Å². The van der Waals surface area contributed by atoms with E-state index in [2.05, 4.69) is 5.32 Å². The van der Waals surface area contributed by atoms with Gasteiger partial charge >= 0.3 is 0 Å². The van der Waals surface area contributed by atoms with E-state index in [1.165, 1.54) is 11.3 Å². The van der Waals surface area contributed by atoms with Gasteiger partial charge < -0.3 is 10.1 Å². The molecule has 0 bridgehead atoms. The van der Waals surface area contributed by atoms with Gasteiger partial charge in [0.1, 0.15) is 5.84 Å². The van der Waals surface area contributed by atoms with Crippen LogP contribution in [0.2, 0.25) is 0 Å². The summed E-state index contributed by atoms with van der Waals surface area (Å²) in [5, 5.41) is 12.0. The molecule has 1 rings (SSSR count). The zero-order valence-electron chi connectivity index (χ0n) is 9.50. The van der Waals surface area contributed by atoms with Gasteiger partial charge in [0, 0.05) is 20.1 Å². The Morgan fingerprint density at radius 3 is 2.94 bits per heavy atom. The average Bonchev–Trinajstić information content (AvgIpc) is 2.65. The Bertz CT molecular complexity index is 374. The Balaban J connectivity index is 2.40. The van der Waals surface area contributed by atoms with Crippen molar-refractivity contribution in [2.24, 2.45) is 0 Å². The average molecular weight is 240 g/mol. The maximum Gasteiger partial charge on any atom is 0.266 e. The van der Waals surface area contributed by atoms with Crippen molar-refractivity contribution < 1.29 is 9.53 Å². The minimum Gasteiger partial charge on any atom is -0.385 e. The van der Waals surface area contributed by atoms with E-state index in [0.717, 1.165) is 12.0 Å². The number of hydrogen-bond donors (Lipinski definition) is 2. The van der Waals surface area contributed by atoms with E-state index >= 15 is 0 Å². The van der Waals surface area contributed by atoms with Crippen LogP contribution in [0.3, 0.4) is 0 Å². The Hall–Kier alpha value is -1.20. The largest absolute Gasteiger partial charge is 0.385 e. The highest BCUT2D eigenvalue weighted by Gasteiger charge is 2.11. The summed E-state index contributed by atoms with van der Waals surface area (Å²) in [6, 6.07) is 1.90. The molecule has 0 saturated heterocycles. The van der Waals surface area contributed by atoms with Gasteiger partial charge in [0.15, 0.2) is 0 Å². The second-order valence-corrected chi connectivity index (χ2v) is 4.38. The maximum absolute atomic E-state index is 11.7. The first-order valence-electron chi connectivity index (χ1n) is 5.07. The molecule has 5 heteroatoms. The van der Waals surface area contributed by atoms with Crippen molar-refractivity contribution in [1.29, 1.82) is 5.41 Å². The fourth-order valence-electron chi connectivity index (χ4n) is 1.25. The van der Waals surface area contributed by atoms with E-state index < -0.39 is 0 Å². The van der Waals surface area contributed by atoms with Crippen molar-refractivity contribution in [3.63, 3.8) is 0 Å². The van der Waals surface area contributed by atoms with E-state index in [9.17, 15) is 4.79 Å². The predicted molar refractivity (Wildman–Crippen MR) is 65.4 cm³/mol. The van der Waals surface area contributed by atoms with Gasteiger partial charge in [0.05, 0.1) is 4.88 Å². The standard InChI is InChI=1S/C11H16N2O2S/c1-8-5-7-16-10(8)11(14)13-9(12)4-3-6-15-2/h5,7H,3-4,6H2,1-2H3,(H2,12,13,14). The smallest absolute Gasteiger partial charge is 0.266 e. The fourth-order valence-corrected chi connectivity index (χ4v) is 2.08. The van der Waals surface area contributed by atoms with Crippen LogP contribution in [0, 0.1) is 12.3 Å². The molecule has 0 unspecified atom stereocenters. The normalized spacial score (nSPS) is 10.1. The third-order valence-corrected chi connectivity index (χ3v) is 3.12. The van der Waals surface area contributed by atoms with Crippen LogP contribution in [-0.2, 0) is 4.74 Å². The summed E-state index contributed by atoms with van der Waals surface area (Å²) in [7, 11) is 1.62. The molecule has 0 spiro atoms. The summed E-state index contributed by atoms with van der Waals surface area (Å²) in [5.74, 6) is 0.0600. The number of aryl methyl sites for hydroxylation is 1.